The molecule has 162 valence electrons. The number of hydrogen-bond acceptors (Lipinski definition) is 6. The number of aromatic hydroxyl groups is 1. The van der Waals surface area contributed by atoms with E-state index in [9.17, 15) is 14.7 Å². The second-order valence-corrected chi connectivity index (χ2v) is 9.75. The first-order valence-corrected chi connectivity index (χ1v) is 11.0. The summed E-state index contributed by atoms with van der Waals surface area (Å²) < 4.78 is 16.9. The smallest absolute Gasteiger partial charge is 0.340 e. The standard InChI is InChI=1S/C25H19BrO6/c1-3-24(2,26)23(29)30-15-9-11-19-21(13-15)31-20-12-14(27)8-10-18(20)25(19)17-7-5-4-6-16(17)22(28)32-25/h4-13,27H,3H2,1-2H3. The molecule has 0 saturated carbocycles. The Hall–Kier alpha value is -3.32. The van der Waals surface area contributed by atoms with Crippen LogP contribution in [-0.2, 0) is 15.1 Å². The van der Waals surface area contributed by atoms with Crippen LogP contribution >= 0.6 is 15.9 Å². The van der Waals surface area contributed by atoms with Crippen LogP contribution in [0.15, 0.2) is 60.7 Å². The molecule has 1 spiro atoms. The number of hydrogen-bond donors (Lipinski definition) is 1. The van der Waals surface area contributed by atoms with Gasteiger partial charge in [0, 0.05) is 28.8 Å². The Morgan fingerprint density at radius 1 is 1.06 bits per heavy atom. The van der Waals surface area contributed by atoms with Gasteiger partial charge in [-0.3, -0.25) is 4.79 Å². The Balaban J connectivity index is 1.68. The number of halogens is 1. The number of carbonyl (C=O) groups excluding carboxylic acids is 2. The predicted octanol–water partition coefficient (Wildman–Crippen LogP) is 5.43. The number of phenols is 1. The number of phenolic OH excluding ortho intramolecular Hbond substituents is 1. The van der Waals surface area contributed by atoms with Crippen LogP contribution in [0.4, 0.5) is 0 Å². The highest BCUT2D eigenvalue weighted by Crippen LogP contribution is 2.56. The van der Waals surface area contributed by atoms with Crippen LogP contribution in [0.25, 0.3) is 0 Å². The van der Waals surface area contributed by atoms with Gasteiger partial charge in [0.25, 0.3) is 0 Å². The van der Waals surface area contributed by atoms with E-state index in [4.69, 9.17) is 14.2 Å². The van der Waals surface area contributed by atoms with Crippen molar-refractivity contribution < 1.29 is 28.9 Å². The Morgan fingerprint density at radius 2 is 1.75 bits per heavy atom. The van der Waals surface area contributed by atoms with Crippen LogP contribution in [0.3, 0.4) is 0 Å². The average molecular weight is 495 g/mol. The third kappa shape index (κ3) is 2.92. The summed E-state index contributed by atoms with van der Waals surface area (Å²) >= 11 is 3.39. The number of fused-ring (bicyclic) bond motifs is 6. The molecule has 0 aliphatic carbocycles. The van der Waals surface area contributed by atoms with E-state index in [1.165, 1.54) is 12.1 Å². The van der Waals surface area contributed by atoms with Gasteiger partial charge in [0.15, 0.2) is 5.60 Å². The van der Waals surface area contributed by atoms with Crippen molar-refractivity contribution in [2.24, 2.45) is 0 Å². The number of ether oxygens (including phenoxy) is 3. The van der Waals surface area contributed by atoms with E-state index >= 15 is 0 Å². The molecule has 0 radical (unpaired) electrons. The lowest BCUT2D eigenvalue weighted by atomic mass is 9.77. The van der Waals surface area contributed by atoms with Crippen molar-refractivity contribution in [2.75, 3.05) is 0 Å². The number of esters is 2. The van der Waals surface area contributed by atoms with E-state index in [-0.39, 0.29) is 5.75 Å². The Bertz CT molecular complexity index is 1280. The third-order valence-electron chi connectivity index (χ3n) is 5.97. The molecule has 7 heteroatoms. The van der Waals surface area contributed by atoms with Crippen LogP contribution in [0.5, 0.6) is 23.0 Å². The first kappa shape index (κ1) is 20.6. The molecule has 3 aromatic rings. The molecule has 32 heavy (non-hydrogen) atoms. The molecular formula is C25H19BrO6. The lowest BCUT2D eigenvalue weighted by Gasteiger charge is -2.36. The maximum absolute atomic E-state index is 12.8. The molecule has 3 aromatic carbocycles. The molecule has 0 amide bonds. The van der Waals surface area contributed by atoms with Crippen molar-refractivity contribution in [1.29, 1.82) is 0 Å². The van der Waals surface area contributed by atoms with Crippen molar-refractivity contribution in [3.8, 4) is 23.0 Å². The SMILES string of the molecule is CCC(C)(Br)C(=O)Oc1ccc2c(c1)Oc1cc(O)ccc1C21OC(=O)c2ccccc21. The fraction of sp³-hybridized carbons (Fsp3) is 0.200. The topological polar surface area (TPSA) is 82.1 Å². The Labute approximate surface area is 192 Å². The molecule has 0 fully saturated rings. The highest BCUT2D eigenvalue weighted by molar-refractivity contribution is 9.10. The summed E-state index contributed by atoms with van der Waals surface area (Å²) in [4.78, 5) is 25.3. The molecule has 5 rings (SSSR count). The summed E-state index contributed by atoms with van der Waals surface area (Å²) in [6, 6.07) is 16.9. The number of benzene rings is 3. The Morgan fingerprint density at radius 3 is 2.50 bits per heavy atom. The molecule has 2 atom stereocenters. The highest BCUT2D eigenvalue weighted by atomic mass is 79.9. The van der Waals surface area contributed by atoms with E-state index in [0.29, 0.717) is 45.9 Å². The molecule has 0 saturated heterocycles. The van der Waals surface area contributed by atoms with Crippen LogP contribution in [0.2, 0.25) is 0 Å². The molecule has 2 aliphatic heterocycles. The van der Waals surface area contributed by atoms with Crippen molar-refractivity contribution in [2.45, 2.75) is 30.2 Å². The van der Waals surface area contributed by atoms with E-state index < -0.39 is 21.9 Å². The summed E-state index contributed by atoms with van der Waals surface area (Å²) in [7, 11) is 0. The fourth-order valence-electron chi connectivity index (χ4n) is 4.07. The maximum Gasteiger partial charge on any atom is 0.340 e. The second-order valence-electron chi connectivity index (χ2n) is 8.00. The van der Waals surface area contributed by atoms with Gasteiger partial charge in [0.1, 0.15) is 27.3 Å². The fourth-order valence-corrected chi connectivity index (χ4v) is 4.15. The number of carbonyl (C=O) groups is 2. The zero-order valence-electron chi connectivity index (χ0n) is 17.3. The third-order valence-corrected chi connectivity index (χ3v) is 6.85. The van der Waals surface area contributed by atoms with Gasteiger partial charge in [-0.2, -0.15) is 0 Å². The van der Waals surface area contributed by atoms with Gasteiger partial charge in [-0.15, -0.1) is 0 Å². The second kappa shape index (κ2) is 7.10. The highest BCUT2D eigenvalue weighted by Gasteiger charge is 2.53. The van der Waals surface area contributed by atoms with Gasteiger partial charge in [0.05, 0.1) is 5.56 Å². The molecule has 0 aromatic heterocycles. The maximum atomic E-state index is 12.8. The van der Waals surface area contributed by atoms with Gasteiger partial charge >= 0.3 is 11.9 Å². The summed E-state index contributed by atoms with van der Waals surface area (Å²) in [5.41, 5.74) is 1.12. The largest absolute Gasteiger partial charge is 0.508 e. The van der Waals surface area contributed by atoms with Crippen molar-refractivity contribution in [1.82, 2.24) is 0 Å². The summed E-state index contributed by atoms with van der Waals surface area (Å²) in [5, 5.41) is 10.0. The van der Waals surface area contributed by atoms with Gasteiger partial charge in [-0.25, -0.2) is 4.79 Å². The summed E-state index contributed by atoms with van der Waals surface area (Å²) in [6.07, 6.45) is 0.551. The zero-order chi connectivity index (χ0) is 22.7. The van der Waals surface area contributed by atoms with Gasteiger partial charge < -0.3 is 19.3 Å². The van der Waals surface area contributed by atoms with E-state index in [0.717, 1.165) is 0 Å². The lowest BCUT2D eigenvalue weighted by Crippen LogP contribution is -2.33. The van der Waals surface area contributed by atoms with Gasteiger partial charge in [-0.05, 0) is 43.7 Å². The molecule has 2 aliphatic rings. The van der Waals surface area contributed by atoms with Crippen molar-refractivity contribution in [3.63, 3.8) is 0 Å². The summed E-state index contributed by atoms with van der Waals surface area (Å²) in [5.74, 6) is 0.155. The normalized spacial score (nSPS) is 19.8. The van der Waals surface area contributed by atoms with Gasteiger partial charge in [-0.1, -0.05) is 41.1 Å². The lowest BCUT2D eigenvalue weighted by molar-refractivity contribution is -0.136. The minimum Gasteiger partial charge on any atom is -0.508 e. The van der Waals surface area contributed by atoms with Crippen LogP contribution in [0, 0.1) is 0 Å². The molecule has 1 N–H and O–H groups in total. The molecule has 2 unspecified atom stereocenters. The first-order valence-electron chi connectivity index (χ1n) is 10.2. The first-order chi connectivity index (χ1) is 15.3. The quantitative estimate of drug-likeness (QED) is 0.297. The zero-order valence-corrected chi connectivity index (χ0v) is 18.9. The van der Waals surface area contributed by atoms with E-state index in [2.05, 4.69) is 15.9 Å². The average Bonchev–Trinajstić information content (AvgIpc) is 3.06. The summed E-state index contributed by atoms with van der Waals surface area (Å²) in [6.45, 7) is 3.62. The van der Waals surface area contributed by atoms with E-state index in [1.807, 2.05) is 19.1 Å². The van der Waals surface area contributed by atoms with Crippen LogP contribution in [-0.4, -0.2) is 21.4 Å². The minimum atomic E-state index is -1.24. The monoisotopic (exact) mass is 494 g/mol. The molecule has 6 nitrogen and oxygen atoms in total. The number of alkyl halides is 1. The molecule has 2 heterocycles. The van der Waals surface area contributed by atoms with Crippen LogP contribution < -0.4 is 9.47 Å². The van der Waals surface area contributed by atoms with Crippen molar-refractivity contribution >= 4 is 27.9 Å². The van der Waals surface area contributed by atoms with Gasteiger partial charge in [0.2, 0.25) is 0 Å². The Kier molecular flexibility index (Phi) is 4.57. The minimum absolute atomic E-state index is 0.0144. The van der Waals surface area contributed by atoms with Crippen molar-refractivity contribution in [3.05, 3.63) is 82.9 Å². The molecule has 0 bridgehead atoms. The molecular weight excluding hydrogens is 476 g/mol. The van der Waals surface area contributed by atoms with Crippen LogP contribution in [0.1, 0.15) is 47.3 Å². The predicted molar refractivity (Wildman–Crippen MR) is 120 cm³/mol. The number of rotatable bonds is 3. The van der Waals surface area contributed by atoms with E-state index in [1.54, 1.807) is 43.3 Å².